The maximum Gasteiger partial charge on any atom is 0.255 e. The van der Waals surface area contributed by atoms with Crippen LogP contribution in [0.25, 0.3) is 5.65 Å². The third-order valence-electron chi connectivity index (χ3n) is 6.97. The Balaban J connectivity index is 1.75. The number of aromatic nitrogens is 2. The van der Waals surface area contributed by atoms with E-state index >= 15 is 0 Å². The summed E-state index contributed by atoms with van der Waals surface area (Å²) in [6.45, 7) is 5.06. The number of pyridine rings is 1. The van der Waals surface area contributed by atoms with Crippen LogP contribution in [0.5, 0.6) is 0 Å². The summed E-state index contributed by atoms with van der Waals surface area (Å²) >= 11 is 0. The van der Waals surface area contributed by atoms with E-state index in [0.717, 1.165) is 11.4 Å². The second-order valence-corrected chi connectivity index (χ2v) is 12.1. The molecule has 3 aromatic rings. The van der Waals surface area contributed by atoms with Crippen LogP contribution >= 0.6 is 0 Å². The molecule has 0 saturated heterocycles. The van der Waals surface area contributed by atoms with Gasteiger partial charge in [0.15, 0.2) is 9.84 Å². The standard InChI is InChI=1S/C26H31F2N3O3S/c1-4-35(33,34)18(3)24-22(15-19-10-12-26(27,28)13-11-19)31-17(2)14-20(16-23(31)30-24)25(32)29-21-8-6-5-7-9-21/h5-9,14,16,18-19H,4,10-13,15H2,1-3H3,(H,29,32). The molecule has 1 aliphatic rings. The fraction of sp³-hybridized carbons (Fsp3) is 0.462. The number of rotatable bonds is 7. The van der Waals surface area contributed by atoms with E-state index in [2.05, 4.69) is 10.3 Å². The summed E-state index contributed by atoms with van der Waals surface area (Å²) < 4.78 is 54.8. The van der Waals surface area contributed by atoms with Crippen molar-refractivity contribution in [2.75, 3.05) is 11.1 Å². The molecule has 0 aliphatic heterocycles. The molecule has 1 unspecified atom stereocenters. The molecule has 1 atom stereocenters. The molecule has 188 valence electrons. The summed E-state index contributed by atoms with van der Waals surface area (Å²) in [5, 5.41) is 2.02. The van der Waals surface area contributed by atoms with Crippen molar-refractivity contribution in [3.05, 3.63) is 65.1 Å². The molecule has 0 bridgehead atoms. The zero-order valence-electron chi connectivity index (χ0n) is 20.2. The fourth-order valence-corrected chi connectivity index (χ4v) is 5.86. The monoisotopic (exact) mass is 503 g/mol. The number of aryl methyl sites for hydroxylation is 1. The Hall–Kier alpha value is -2.81. The highest BCUT2D eigenvalue weighted by atomic mass is 32.2. The van der Waals surface area contributed by atoms with Gasteiger partial charge < -0.3 is 9.72 Å². The van der Waals surface area contributed by atoms with E-state index in [-0.39, 0.29) is 30.4 Å². The number of imidazole rings is 1. The van der Waals surface area contributed by atoms with E-state index in [9.17, 15) is 22.0 Å². The van der Waals surface area contributed by atoms with Crippen molar-refractivity contribution in [2.24, 2.45) is 5.92 Å². The predicted molar refractivity (Wildman–Crippen MR) is 133 cm³/mol. The lowest BCUT2D eigenvalue weighted by atomic mass is 9.83. The van der Waals surface area contributed by atoms with E-state index in [0.29, 0.717) is 41.9 Å². The van der Waals surface area contributed by atoms with Gasteiger partial charge >= 0.3 is 0 Å². The molecule has 1 fully saturated rings. The average molecular weight is 504 g/mol. The fourth-order valence-electron chi connectivity index (χ4n) is 4.83. The highest BCUT2D eigenvalue weighted by molar-refractivity contribution is 7.91. The largest absolute Gasteiger partial charge is 0.322 e. The van der Waals surface area contributed by atoms with Gasteiger partial charge in [-0.3, -0.25) is 4.79 Å². The lowest BCUT2D eigenvalue weighted by Gasteiger charge is -2.28. The summed E-state index contributed by atoms with van der Waals surface area (Å²) in [6.07, 6.45) is 0.910. The van der Waals surface area contributed by atoms with Crippen molar-refractivity contribution in [1.82, 2.24) is 9.38 Å². The number of para-hydroxylation sites is 1. The SMILES string of the molecule is CCS(=O)(=O)C(C)c1nc2cc(C(=O)Nc3ccccc3)cc(C)n2c1CC1CCC(F)(F)CC1. The van der Waals surface area contributed by atoms with E-state index in [1.165, 1.54) is 0 Å². The summed E-state index contributed by atoms with van der Waals surface area (Å²) in [5.41, 5.74) is 3.45. The van der Waals surface area contributed by atoms with Crippen LogP contribution in [-0.2, 0) is 16.3 Å². The number of alkyl halides is 2. The maximum atomic E-state index is 13.7. The number of amides is 1. The number of benzene rings is 1. The molecule has 1 aliphatic carbocycles. The van der Waals surface area contributed by atoms with Crippen LogP contribution in [0.1, 0.15) is 72.2 Å². The number of halogens is 2. The van der Waals surface area contributed by atoms with Gasteiger partial charge in [-0.05, 0) is 63.3 Å². The van der Waals surface area contributed by atoms with Crippen LogP contribution in [-0.4, -0.2) is 35.4 Å². The van der Waals surface area contributed by atoms with E-state index in [4.69, 9.17) is 0 Å². The van der Waals surface area contributed by atoms with Crippen molar-refractivity contribution in [3.63, 3.8) is 0 Å². The smallest absolute Gasteiger partial charge is 0.255 e. The Morgan fingerprint density at radius 3 is 2.49 bits per heavy atom. The zero-order chi connectivity index (χ0) is 25.4. The zero-order valence-corrected chi connectivity index (χ0v) is 21.0. The molecular formula is C26H31F2N3O3S. The molecule has 0 spiro atoms. The third-order valence-corrected chi connectivity index (χ3v) is 9.08. The van der Waals surface area contributed by atoms with Crippen molar-refractivity contribution in [1.29, 1.82) is 0 Å². The van der Waals surface area contributed by atoms with Crippen LogP contribution in [0.2, 0.25) is 0 Å². The molecule has 4 rings (SSSR count). The number of carbonyl (C=O) groups is 1. The quantitative estimate of drug-likeness (QED) is 0.445. The first-order valence-electron chi connectivity index (χ1n) is 12.0. The lowest BCUT2D eigenvalue weighted by molar-refractivity contribution is -0.0457. The number of fused-ring (bicyclic) bond motifs is 1. The minimum atomic E-state index is -3.44. The van der Waals surface area contributed by atoms with Gasteiger partial charge in [-0.1, -0.05) is 25.1 Å². The summed E-state index contributed by atoms with van der Waals surface area (Å²) in [5.74, 6) is -2.93. The van der Waals surface area contributed by atoms with Crippen molar-refractivity contribution in [2.45, 2.75) is 64.0 Å². The van der Waals surface area contributed by atoms with Gasteiger partial charge in [0, 0.05) is 41.2 Å². The Labute approximate surface area is 204 Å². The van der Waals surface area contributed by atoms with Crippen molar-refractivity contribution < 1.29 is 22.0 Å². The van der Waals surface area contributed by atoms with Gasteiger partial charge in [0.2, 0.25) is 5.92 Å². The Bertz CT molecular complexity index is 1330. The summed E-state index contributed by atoms with van der Waals surface area (Å²) in [7, 11) is -3.44. The number of hydrogen-bond acceptors (Lipinski definition) is 4. The van der Waals surface area contributed by atoms with Crippen LogP contribution in [0.15, 0.2) is 42.5 Å². The third kappa shape index (κ3) is 5.39. The van der Waals surface area contributed by atoms with Crippen LogP contribution in [0, 0.1) is 12.8 Å². The number of nitrogens with zero attached hydrogens (tertiary/aromatic N) is 2. The summed E-state index contributed by atoms with van der Waals surface area (Å²) in [4.78, 5) is 17.6. The molecule has 35 heavy (non-hydrogen) atoms. The second-order valence-electron chi connectivity index (χ2n) is 9.44. The van der Waals surface area contributed by atoms with E-state index < -0.39 is 21.0 Å². The maximum absolute atomic E-state index is 13.7. The Morgan fingerprint density at radius 2 is 1.86 bits per heavy atom. The normalized spacial score (nSPS) is 17.4. The summed E-state index contributed by atoms with van der Waals surface area (Å²) in [6, 6.07) is 12.5. The topological polar surface area (TPSA) is 80.5 Å². The van der Waals surface area contributed by atoms with E-state index in [1.807, 2.05) is 29.5 Å². The first-order valence-corrected chi connectivity index (χ1v) is 13.7. The minimum absolute atomic E-state index is 0.0188. The van der Waals surface area contributed by atoms with Gasteiger partial charge in [0.25, 0.3) is 5.91 Å². The molecule has 9 heteroatoms. The predicted octanol–water partition coefficient (Wildman–Crippen LogP) is 5.76. The minimum Gasteiger partial charge on any atom is -0.322 e. The van der Waals surface area contributed by atoms with Crippen LogP contribution in [0.3, 0.4) is 0 Å². The van der Waals surface area contributed by atoms with Gasteiger partial charge in [0.1, 0.15) is 10.9 Å². The first kappa shape index (κ1) is 25.3. The second kappa shape index (κ2) is 9.68. The number of nitrogens with one attached hydrogen (secondary N) is 1. The number of hydrogen-bond donors (Lipinski definition) is 1. The number of anilines is 1. The molecule has 1 aromatic carbocycles. The molecule has 0 radical (unpaired) electrons. The first-order chi connectivity index (χ1) is 16.5. The van der Waals surface area contributed by atoms with Gasteiger partial charge in [-0.2, -0.15) is 0 Å². The van der Waals surface area contributed by atoms with Crippen molar-refractivity contribution >= 4 is 27.1 Å². The van der Waals surface area contributed by atoms with E-state index in [1.54, 1.807) is 38.1 Å². The molecule has 2 aromatic heterocycles. The Morgan fingerprint density at radius 1 is 1.20 bits per heavy atom. The average Bonchev–Trinajstić information content (AvgIpc) is 3.19. The van der Waals surface area contributed by atoms with Crippen LogP contribution in [0.4, 0.5) is 14.5 Å². The molecule has 1 saturated carbocycles. The molecule has 1 N–H and O–H groups in total. The molecule has 6 nitrogen and oxygen atoms in total. The van der Waals surface area contributed by atoms with Crippen molar-refractivity contribution in [3.8, 4) is 0 Å². The van der Waals surface area contributed by atoms with Crippen LogP contribution < -0.4 is 5.32 Å². The highest BCUT2D eigenvalue weighted by Gasteiger charge is 2.36. The lowest BCUT2D eigenvalue weighted by Crippen LogP contribution is -2.26. The number of sulfone groups is 1. The Kier molecular flexibility index (Phi) is 6.99. The van der Waals surface area contributed by atoms with Gasteiger partial charge in [0.05, 0.1) is 5.69 Å². The molecule has 2 heterocycles. The van der Waals surface area contributed by atoms with Gasteiger partial charge in [-0.15, -0.1) is 0 Å². The highest BCUT2D eigenvalue weighted by Crippen LogP contribution is 2.39. The molecular weight excluding hydrogens is 472 g/mol. The molecule has 1 amide bonds. The number of carbonyl (C=O) groups excluding carboxylic acids is 1. The van der Waals surface area contributed by atoms with Gasteiger partial charge in [-0.25, -0.2) is 22.2 Å².